The maximum absolute atomic E-state index is 12.6. The molecule has 2 rings (SSSR count). The fraction of sp³-hybridized carbons (Fsp3) is 0.158. The van der Waals surface area contributed by atoms with Gasteiger partial charge in [0.2, 0.25) is 0 Å². The fourth-order valence-corrected chi connectivity index (χ4v) is 2.88. The largest absolute Gasteiger partial charge is 0.496 e. The maximum Gasteiger partial charge on any atom is 0.266 e. The van der Waals surface area contributed by atoms with E-state index in [0.29, 0.717) is 33.5 Å². The van der Waals surface area contributed by atoms with Gasteiger partial charge in [0.05, 0.1) is 32.0 Å². The topological polar surface area (TPSA) is 80.6 Å². The summed E-state index contributed by atoms with van der Waals surface area (Å²) in [5.41, 5.74) is 0.799. The first kappa shape index (κ1) is 20.6. The molecule has 1 N–H and O–H groups in total. The number of nitrogens with one attached hydrogen (secondary N) is 1. The van der Waals surface area contributed by atoms with Crippen molar-refractivity contribution >= 4 is 45.2 Å². The second-order valence-electron chi connectivity index (χ2n) is 5.20. The van der Waals surface area contributed by atoms with Crippen LogP contribution in [-0.4, -0.2) is 27.2 Å². The summed E-state index contributed by atoms with van der Waals surface area (Å²) < 4.78 is 16.4. The molecule has 0 aliphatic rings. The average Bonchev–Trinajstić information content (AvgIpc) is 2.66. The molecule has 0 aliphatic heterocycles. The first-order valence-corrected chi connectivity index (χ1v) is 8.78. The Kier molecular flexibility index (Phi) is 7.11. The van der Waals surface area contributed by atoms with Gasteiger partial charge in [0.25, 0.3) is 5.91 Å². The summed E-state index contributed by atoms with van der Waals surface area (Å²) in [5.74, 6) is 0.627. The zero-order valence-electron chi connectivity index (χ0n) is 14.8. The predicted molar refractivity (Wildman–Crippen MR) is 107 cm³/mol. The minimum Gasteiger partial charge on any atom is -0.496 e. The molecule has 27 heavy (non-hydrogen) atoms. The van der Waals surface area contributed by atoms with Crippen LogP contribution in [-0.2, 0) is 4.79 Å². The summed E-state index contributed by atoms with van der Waals surface area (Å²) in [6.07, 6.45) is 1.44. The Morgan fingerprint density at radius 1 is 1.11 bits per heavy atom. The lowest BCUT2D eigenvalue weighted by Gasteiger charge is -2.13. The van der Waals surface area contributed by atoms with Crippen LogP contribution < -0.4 is 19.5 Å². The van der Waals surface area contributed by atoms with E-state index < -0.39 is 5.91 Å². The third-order valence-electron chi connectivity index (χ3n) is 3.58. The van der Waals surface area contributed by atoms with Gasteiger partial charge < -0.3 is 19.5 Å². The molecule has 0 aromatic heterocycles. The summed E-state index contributed by atoms with van der Waals surface area (Å²) in [6, 6.07) is 10.2. The molecule has 0 unspecified atom stereocenters. The van der Waals surface area contributed by atoms with Crippen LogP contribution >= 0.6 is 27.5 Å². The van der Waals surface area contributed by atoms with Crippen molar-refractivity contribution in [1.29, 1.82) is 5.26 Å². The number of carbonyl (C=O) groups is 1. The van der Waals surface area contributed by atoms with Crippen LogP contribution in [0.4, 0.5) is 5.69 Å². The number of amides is 1. The number of halogens is 2. The van der Waals surface area contributed by atoms with Gasteiger partial charge in [-0.2, -0.15) is 5.26 Å². The molecule has 2 aromatic rings. The van der Waals surface area contributed by atoms with E-state index in [1.54, 1.807) is 18.2 Å². The second-order valence-corrected chi connectivity index (χ2v) is 6.52. The lowest BCUT2D eigenvalue weighted by molar-refractivity contribution is -0.112. The predicted octanol–water partition coefficient (Wildman–Crippen LogP) is 4.67. The number of ether oxygens (including phenoxy) is 3. The Balaban J connectivity index is 2.39. The highest BCUT2D eigenvalue weighted by Crippen LogP contribution is 2.36. The van der Waals surface area contributed by atoms with Gasteiger partial charge in [-0.25, -0.2) is 0 Å². The van der Waals surface area contributed by atoms with Gasteiger partial charge in [0, 0.05) is 22.2 Å². The Labute approximate surface area is 170 Å². The number of hydrogen-bond donors (Lipinski definition) is 1. The van der Waals surface area contributed by atoms with Gasteiger partial charge >= 0.3 is 0 Å². The fourth-order valence-electron chi connectivity index (χ4n) is 2.27. The smallest absolute Gasteiger partial charge is 0.266 e. The zero-order chi connectivity index (χ0) is 20.0. The SMILES string of the molecule is COc1cc(NC(=O)/C(C#N)=C/c2cc(Br)ccc2OC)c(OC)cc1Cl. The number of benzene rings is 2. The van der Waals surface area contributed by atoms with Crippen LogP contribution in [0.2, 0.25) is 5.02 Å². The Morgan fingerprint density at radius 3 is 2.37 bits per heavy atom. The lowest BCUT2D eigenvalue weighted by atomic mass is 10.1. The van der Waals surface area contributed by atoms with Crippen molar-refractivity contribution in [1.82, 2.24) is 0 Å². The maximum atomic E-state index is 12.6. The van der Waals surface area contributed by atoms with E-state index >= 15 is 0 Å². The van der Waals surface area contributed by atoms with E-state index in [4.69, 9.17) is 25.8 Å². The third kappa shape index (κ3) is 4.94. The van der Waals surface area contributed by atoms with Crippen molar-refractivity contribution in [3.63, 3.8) is 0 Å². The number of hydrogen-bond acceptors (Lipinski definition) is 5. The molecule has 0 heterocycles. The number of rotatable bonds is 6. The molecule has 2 aromatic carbocycles. The van der Waals surface area contributed by atoms with Crippen LogP contribution in [0.1, 0.15) is 5.56 Å². The molecule has 6 nitrogen and oxygen atoms in total. The third-order valence-corrected chi connectivity index (χ3v) is 4.37. The monoisotopic (exact) mass is 450 g/mol. The van der Waals surface area contributed by atoms with Gasteiger partial charge in [-0.15, -0.1) is 0 Å². The Morgan fingerprint density at radius 2 is 1.78 bits per heavy atom. The van der Waals surface area contributed by atoms with E-state index in [9.17, 15) is 10.1 Å². The molecular formula is C19H16BrClN2O4. The van der Waals surface area contributed by atoms with Gasteiger partial charge in [0.15, 0.2) is 0 Å². The molecule has 0 fully saturated rings. The van der Waals surface area contributed by atoms with Crippen molar-refractivity contribution < 1.29 is 19.0 Å². The van der Waals surface area contributed by atoms with E-state index in [1.165, 1.54) is 39.5 Å². The molecular weight excluding hydrogens is 436 g/mol. The van der Waals surface area contributed by atoms with Crippen molar-refractivity contribution in [3.05, 3.63) is 51.0 Å². The molecule has 0 saturated carbocycles. The zero-order valence-corrected chi connectivity index (χ0v) is 17.1. The van der Waals surface area contributed by atoms with Crippen molar-refractivity contribution in [2.45, 2.75) is 0 Å². The molecule has 0 radical (unpaired) electrons. The molecule has 140 valence electrons. The first-order valence-electron chi connectivity index (χ1n) is 7.61. The van der Waals surface area contributed by atoms with Crippen molar-refractivity contribution in [2.75, 3.05) is 26.6 Å². The number of nitrogens with zero attached hydrogens (tertiary/aromatic N) is 1. The van der Waals surface area contributed by atoms with E-state index in [0.717, 1.165) is 4.47 Å². The lowest BCUT2D eigenvalue weighted by Crippen LogP contribution is -2.14. The summed E-state index contributed by atoms with van der Waals surface area (Å²) in [7, 11) is 4.41. The molecule has 0 bridgehead atoms. The van der Waals surface area contributed by atoms with Gasteiger partial charge in [-0.3, -0.25) is 4.79 Å². The average molecular weight is 452 g/mol. The molecule has 1 amide bonds. The normalized spacial score (nSPS) is 10.7. The standard InChI is InChI=1S/C19H16BrClN2O4/c1-25-16-5-4-13(20)7-11(16)6-12(10-22)19(24)23-15-9-17(26-2)14(21)8-18(15)27-3/h4-9H,1-3H3,(H,23,24)/b12-6+. The highest BCUT2D eigenvalue weighted by molar-refractivity contribution is 9.10. The summed E-state index contributed by atoms with van der Waals surface area (Å²) in [5, 5.41) is 12.4. The van der Waals surface area contributed by atoms with E-state index in [-0.39, 0.29) is 5.57 Å². The van der Waals surface area contributed by atoms with Crippen LogP contribution in [0.25, 0.3) is 6.08 Å². The van der Waals surface area contributed by atoms with E-state index in [1.807, 2.05) is 6.07 Å². The van der Waals surface area contributed by atoms with Crippen LogP contribution in [0.15, 0.2) is 40.4 Å². The number of anilines is 1. The van der Waals surface area contributed by atoms with Crippen molar-refractivity contribution in [3.8, 4) is 23.3 Å². The van der Waals surface area contributed by atoms with E-state index in [2.05, 4.69) is 21.2 Å². The quantitative estimate of drug-likeness (QED) is 0.510. The van der Waals surface area contributed by atoms with Gasteiger partial charge in [0.1, 0.15) is 28.9 Å². The van der Waals surface area contributed by atoms with Crippen LogP contribution in [0.5, 0.6) is 17.2 Å². The van der Waals surface area contributed by atoms with Gasteiger partial charge in [-0.05, 0) is 24.3 Å². The first-order chi connectivity index (χ1) is 12.9. The van der Waals surface area contributed by atoms with Crippen LogP contribution in [0.3, 0.4) is 0 Å². The minimum atomic E-state index is -0.609. The highest BCUT2D eigenvalue weighted by Gasteiger charge is 2.16. The molecule has 8 heteroatoms. The Bertz CT molecular complexity index is 938. The summed E-state index contributed by atoms with van der Waals surface area (Å²) in [6.45, 7) is 0. The summed E-state index contributed by atoms with van der Waals surface area (Å²) >= 11 is 9.42. The summed E-state index contributed by atoms with van der Waals surface area (Å²) in [4.78, 5) is 12.6. The second kappa shape index (κ2) is 9.31. The van der Waals surface area contributed by atoms with Crippen LogP contribution in [0, 0.1) is 11.3 Å². The van der Waals surface area contributed by atoms with Gasteiger partial charge in [-0.1, -0.05) is 27.5 Å². The molecule has 0 saturated heterocycles. The highest BCUT2D eigenvalue weighted by atomic mass is 79.9. The minimum absolute atomic E-state index is 0.109. The van der Waals surface area contributed by atoms with Crippen molar-refractivity contribution in [2.24, 2.45) is 0 Å². The molecule has 0 atom stereocenters. The molecule has 0 spiro atoms. The number of methoxy groups -OCH3 is 3. The molecule has 0 aliphatic carbocycles. The number of carbonyl (C=O) groups excluding carboxylic acids is 1. The number of nitriles is 1. The Hall–Kier alpha value is -2.69.